The molecule has 6 heteroatoms. The van der Waals surface area contributed by atoms with Gasteiger partial charge in [-0.25, -0.2) is 0 Å². The van der Waals surface area contributed by atoms with Crippen molar-refractivity contribution in [2.24, 2.45) is 0 Å². The first-order chi connectivity index (χ1) is 10.4. The third-order valence-corrected chi connectivity index (χ3v) is 2.83. The van der Waals surface area contributed by atoms with Crippen molar-refractivity contribution in [3.8, 4) is 0 Å². The number of nitrogens with zero attached hydrogens (tertiary/aromatic N) is 1. The van der Waals surface area contributed by atoms with Crippen molar-refractivity contribution in [3.05, 3.63) is 53.4 Å². The molecule has 0 unspecified atom stereocenters. The van der Waals surface area contributed by atoms with Crippen LogP contribution in [0.15, 0.2) is 40.9 Å². The van der Waals surface area contributed by atoms with E-state index in [1.54, 1.807) is 13.8 Å². The Labute approximate surface area is 129 Å². The smallest absolute Gasteiger partial charge is 0.273 e. The Morgan fingerprint density at radius 1 is 1.32 bits per heavy atom. The molecule has 1 aromatic carbocycles. The van der Waals surface area contributed by atoms with Crippen molar-refractivity contribution in [1.82, 2.24) is 10.5 Å². The Morgan fingerprint density at radius 3 is 2.73 bits per heavy atom. The maximum atomic E-state index is 11.8. The first-order valence-corrected chi connectivity index (χ1v) is 7.02. The van der Waals surface area contributed by atoms with E-state index in [1.807, 2.05) is 30.3 Å². The summed E-state index contributed by atoms with van der Waals surface area (Å²) in [6.45, 7) is 4.05. The van der Waals surface area contributed by atoms with Gasteiger partial charge in [0.05, 0.1) is 12.2 Å². The highest BCUT2D eigenvalue weighted by Crippen LogP contribution is 2.08. The summed E-state index contributed by atoms with van der Waals surface area (Å²) in [7, 11) is 0. The Hall–Kier alpha value is -2.18. The maximum absolute atomic E-state index is 11.8. The monoisotopic (exact) mass is 304 g/mol. The summed E-state index contributed by atoms with van der Waals surface area (Å²) in [6.07, 6.45) is 0. The van der Waals surface area contributed by atoms with Crippen LogP contribution in [-0.4, -0.2) is 28.3 Å². The number of aromatic nitrogens is 1. The molecule has 0 saturated carbocycles. The minimum absolute atomic E-state index is 0.137. The van der Waals surface area contributed by atoms with Crippen LogP contribution >= 0.6 is 0 Å². The molecule has 6 nitrogen and oxygen atoms in total. The van der Waals surface area contributed by atoms with Crippen LogP contribution in [0.25, 0.3) is 0 Å². The number of carbonyl (C=O) groups is 1. The van der Waals surface area contributed by atoms with Gasteiger partial charge < -0.3 is 19.7 Å². The Balaban J connectivity index is 1.80. The number of amides is 1. The molecule has 0 aliphatic carbocycles. The molecular formula is C16H20N2O4. The van der Waals surface area contributed by atoms with Crippen molar-refractivity contribution in [3.63, 3.8) is 0 Å². The van der Waals surface area contributed by atoms with Gasteiger partial charge >= 0.3 is 0 Å². The summed E-state index contributed by atoms with van der Waals surface area (Å²) in [5.41, 5.74) is 0.258. The van der Waals surface area contributed by atoms with Crippen molar-refractivity contribution < 1.29 is 19.2 Å². The van der Waals surface area contributed by atoms with Crippen LogP contribution in [0.3, 0.4) is 0 Å². The minimum Gasteiger partial charge on any atom is -0.389 e. The van der Waals surface area contributed by atoms with Crippen LogP contribution in [0.5, 0.6) is 0 Å². The van der Waals surface area contributed by atoms with Gasteiger partial charge in [-0.15, -0.1) is 0 Å². The lowest BCUT2D eigenvalue weighted by atomic mass is 10.1. The second-order valence-electron chi connectivity index (χ2n) is 5.65. The van der Waals surface area contributed by atoms with E-state index >= 15 is 0 Å². The van der Waals surface area contributed by atoms with Crippen molar-refractivity contribution in [1.29, 1.82) is 0 Å². The predicted octanol–water partition coefficient (Wildman–Crippen LogP) is 1.89. The Bertz CT molecular complexity index is 602. The molecule has 1 aromatic heterocycles. The highest BCUT2D eigenvalue weighted by atomic mass is 16.5. The number of aliphatic hydroxyl groups is 1. The minimum atomic E-state index is -0.971. The normalized spacial score (nSPS) is 11.4. The number of carbonyl (C=O) groups excluding carboxylic acids is 1. The van der Waals surface area contributed by atoms with E-state index in [2.05, 4.69) is 10.5 Å². The maximum Gasteiger partial charge on any atom is 0.273 e. The molecule has 0 atom stereocenters. The SMILES string of the molecule is CC(C)(O)CNC(=O)c1cc(COCc2ccccc2)on1. The Kier molecular flexibility index (Phi) is 5.30. The lowest BCUT2D eigenvalue weighted by molar-refractivity contribution is 0.0689. The number of ether oxygens (including phenoxy) is 1. The topological polar surface area (TPSA) is 84.6 Å². The van der Waals surface area contributed by atoms with Crippen LogP contribution in [0.4, 0.5) is 0 Å². The second kappa shape index (κ2) is 7.20. The molecule has 0 spiro atoms. The van der Waals surface area contributed by atoms with Crippen LogP contribution < -0.4 is 5.32 Å². The number of nitrogens with one attached hydrogen (secondary N) is 1. The van der Waals surface area contributed by atoms with Gasteiger partial charge in [0.2, 0.25) is 0 Å². The summed E-state index contributed by atoms with van der Waals surface area (Å²) in [5, 5.41) is 15.8. The first kappa shape index (κ1) is 16.2. The number of benzene rings is 1. The van der Waals surface area contributed by atoms with E-state index in [4.69, 9.17) is 9.26 Å². The third-order valence-electron chi connectivity index (χ3n) is 2.83. The zero-order chi connectivity index (χ0) is 16.0. The second-order valence-corrected chi connectivity index (χ2v) is 5.65. The van der Waals surface area contributed by atoms with Gasteiger partial charge in [0.25, 0.3) is 5.91 Å². The zero-order valence-electron chi connectivity index (χ0n) is 12.7. The van der Waals surface area contributed by atoms with E-state index in [0.29, 0.717) is 12.4 Å². The molecule has 118 valence electrons. The lowest BCUT2D eigenvalue weighted by Gasteiger charge is -2.16. The fraction of sp³-hybridized carbons (Fsp3) is 0.375. The predicted molar refractivity (Wildman–Crippen MR) is 80.1 cm³/mol. The van der Waals surface area contributed by atoms with E-state index < -0.39 is 5.60 Å². The summed E-state index contributed by atoms with van der Waals surface area (Å²) in [4.78, 5) is 11.8. The van der Waals surface area contributed by atoms with Gasteiger partial charge in [0, 0.05) is 12.6 Å². The summed E-state index contributed by atoms with van der Waals surface area (Å²) in [6, 6.07) is 11.3. The van der Waals surface area contributed by atoms with Crippen molar-refractivity contribution >= 4 is 5.91 Å². The van der Waals surface area contributed by atoms with Crippen LogP contribution in [0.1, 0.15) is 35.7 Å². The molecule has 0 aliphatic rings. The molecule has 1 heterocycles. The third kappa shape index (κ3) is 5.31. The number of hydrogen-bond acceptors (Lipinski definition) is 5. The molecule has 2 rings (SSSR count). The van der Waals surface area contributed by atoms with E-state index in [0.717, 1.165) is 5.56 Å². The highest BCUT2D eigenvalue weighted by molar-refractivity contribution is 5.92. The highest BCUT2D eigenvalue weighted by Gasteiger charge is 2.17. The van der Waals surface area contributed by atoms with Gasteiger partial charge in [-0.3, -0.25) is 4.79 Å². The van der Waals surface area contributed by atoms with E-state index in [1.165, 1.54) is 6.07 Å². The molecule has 2 aromatic rings. The lowest BCUT2D eigenvalue weighted by Crippen LogP contribution is -2.38. The fourth-order valence-corrected chi connectivity index (χ4v) is 1.72. The van der Waals surface area contributed by atoms with Crippen LogP contribution in [0, 0.1) is 0 Å². The average molecular weight is 304 g/mol. The number of hydrogen-bond donors (Lipinski definition) is 2. The van der Waals surface area contributed by atoms with Crippen molar-refractivity contribution in [2.75, 3.05) is 6.54 Å². The van der Waals surface area contributed by atoms with Gasteiger partial charge in [0.1, 0.15) is 6.61 Å². The zero-order valence-corrected chi connectivity index (χ0v) is 12.7. The number of rotatable bonds is 7. The van der Waals surface area contributed by atoms with Crippen LogP contribution in [0.2, 0.25) is 0 Å². The Morgan fingerprint density at radius 2 is 2.05 bits per heavy atom. The molecule has 0 saturated heterocycles. The molecule has 0 aliphatic heterocycles. The van der Waals surface area contributed by atoms with Crippen LogP contribution in [-0.2, 0) is 18.0 Å². The van der Waals surface area contributed by atoms with Crippen molar-refractivity contribution in [2.45, 2.75) is 32.7 Å². The summed E-state index contributed by atoms with van der Waals surface area (Å²) >= 11 is 0. The summed E-state index contributed by atoms with van der Waals surface area (Å²) in [5.74, 6) is 0.0875. The standard InChI is InChI=1S/C16H20N2O4/c1-16(2,20)11-17-15(19)14-8-13(22-18-14)10-21-9-12-6-4-3-5-7-12/h3-8,20H,9-11H2,1-2H3,(H,17,19). The summed E-state index contributed by atoms with van der Waals surface area (Å²) < 4.78 is 10.6. The molecule has 0 bridgehead atoms. The van der Waals surface area contributed by atoms with Gasteiger partial charge in [-0.05, 0) is 19.4 Å². The quantitative estimate of drug-likeness (QED) is 0.816. The molecule has 2 N–H and O–H groups in total. The van der Waals surface area contributed by atoms with E-state index in [9.17, 15) is 9.90 Å². The van der Waals surface area contributed by atoms with Gasteiger partial charge in [-0.1, -0.05) is 35.5 Å². The van der Waals surface area contributed by atoms with Gasteiger partial charge in [0.15, 0.2) is 11.5 Å². The fourth-order valence-electron chi connectivity index (χ4n) is 1.72. The molecule has 22 heavy (non-hydrogen) atoms. The average Bonchev–Trinajstić information content (AvgIpc) is 2.94. The molecule has 0 radical (unpaired) electrons. The largest absolute Gasteiger partial charge is 0.389 e. The molecular weight excluding hydrogens is 284 g/mol. The first-order valence-electron chi connectivity index (χ1n) is 7.02. The van der Waals surface area contributed by atoms with E-state index in [-0.39, 0.29) is 24.8 Å². The molecule has 1 amide bonds. The van der Waals surface area contributed by atoms with Gasteiger partial charge in [-0.2, -0.15) is 0 Å². The molecule has 0 fully saturated rings.